The number of rotatable bonds is 0. The smallest absolute Gasteiger partial charge is 0.175 e. The van der Waals surface area contributed by atoms with Gasteiger partial charge in [0, 0.05) is 11.6 Å². The molecule has 0 spiro atoms. The van der Waals surface area contributed by atoms with Crippen LogP contribution in [0.25, 0.3) is 0 Å². The molecule has 2 atom stereocenters. The fourth-order valence-corrected chi connectivity index (χ4v) is 2.88. The van der Waals surface area contributed by atoms with Crippen molar-refractivity contribution in [3.8, 4) is 0 Å². The van der Waals surface area contributed by atoms with Crippen LogP contribution in [-0.4, -0.2) is 38.6 Å². The van der Waals surface area contributed by atoms with Gasteiger partial charge in [0.2, 0.25) is 0 Å². The summed E-state index contributed by atoms with van der Waals surface area (Å²) in [4.78, 5) is 0. The van der Waals surface area contributed by atoms with Crippen molar-refractivity contribution < 1.29 is 0 Å². The zero-order valence-corrected chi connectivity index (χ0v) is 10.6. The van der Waals surface area contributed by atoms with Gasteiger partial charge in [-0.3, -0.25) is 0 Å². The first kappa shape index (κ1) is 9.77. The van der Waals surface area contributed by atoms with Gasteiger partial charge in [0.25, 0.3) is 0 Å². The number of anilines is 1. The van der Waals surface area contributed by atoms with Crippen molar-refractivity contribution in [3.05, 3.63) is 46.4 Å². The summed E-state index contributed by atoms with van der Waals surface area (Å²) in [7, 11) is 0. The van der Waals surface area contributed by atoms with Gasteiger partial charge in [0.15, 0.2) is 32.6 Å². The minimum atomic E-state index is 0.441. The Kier molecular flexibility index (Phi) is 2.31. The first-order valence-electron chi connectivity index (χ1n) is 5.05. The Morgan fingerprint density at radius 2 is 2.07 bits per heavy atom. The van der Waals surface area contributed by atoms with E-state index >= 15 is 0 Å². The second kappa shape index (κ2) is 3.55. The lowest BCUT2D eigenvalue weighted by molar-refractivity contribution is 0.803. The molecular weight excluding hydrogens is 212 g/mol. The average Bonchev–Trinajstić information content (AvgIpc) is 2.56. The molecule has 0 aromatic heterocycles. The molecule has 2 aliphatic rings. The van der Waals surface area contributed by atoms with Crippen molar-refractivity contribution in [1.82, 2.24) is 0 Å². The summed E-state index contributed by atoms with van der Waals surface area (Å²) in [5.74, 6) is 0.498. The zero-order valence-electron chi connectivity index (χ0n) is 8.27. The summed E-state index contributed by atoms with van der Waals surface area (Å²) in [6, 6.07) is 6.99. The van der Waals surface area contributed by atoms with Crippen LogP contribution >= 0.6 is 0 Å². The molecule has 1 aliphatic carbocycles. The third kappa shape index (κ3) is 1.61. The molecule has 0 amide bonds. The van der Waals surface area contributed by atoms with Gasteiger partial charge in [0.05, 0.1) is 6.04 Å². The molecule has 1 aromatic rings. The Morgan fingerprint density at radius 1 is 1.20 bits per heavy atom. The molecular formula is C12H9Al2N. The SMILES string of the molecule is [Al][C]1=CC2c3c[c]([Al])ccc3NC2C=C1. The van der Waals surface area contributed by atoms with Crippen LogP contribution in [0.4, 0.5) is 5.69 Å². The molecule has 15 heavy (non-hydrogen) atoms. The van der Waals surface area contributed by atoms with E-state index in [0.717, 1.165) is 0 Å². The highest BCUT2D eigenvalue weighted by atomic mass is 27.1. The van der Waals surface area contributed by atoms with Crippen molar-refractivity contribution in [3.63, 3.8) is 0 Å². The molecule has 3 heteroatoms. The molecule has 1 nitrogen and oxygen atoms in total. The number of nitrogens with one attached hydrogen (secondary N) is 1. The van der Waals surface area contributed by atoms with Gasteiger partial charge >= 0.3 is 0 Å². The number of allylic oxidation sites excluding steroid dienone is 2. The third-order valence-electron chi connectivity index (χ3n) is 3.01. The van der Waals surface area contributed by atoms with Crippen molar-refractivity contribution in [2.24, 2.45) is 0 Å². The summed E-state index contributed by atoms with van der Waals surface area (Å²) in [5, 5.41) is 3.53. The van der Waals surface area contributed by atoms with Gasteiger partial charge in [0.1, 0.15) is 0 Å². The van der Waals surface area contributed by atoms with Crippen LogP contribution in [0.2, 0.25) is 0 Å². The molecule has 0 fully saturated rings. The number of fused-ring (bicyclic) bond motifs is 3. The Morgan fingerprint density at radius 3 is 2.93 bits per heavy atom. The number of hydrogen-bond donors (Lipinski definition) is 1. The van der Waals surface area contributed by atoms with Crippen LogP contribution in [0, 0.1) is 0 Å². The topological polar surface area (TPSA) is 12.0 Å². The lowest BCUT2D eigenvalue weighted by atomic mass is 9.91. The molecule has 0 bridgehead atoms. The quantitative estimate of drug-likeness (QED) is 0.644. The van der Waals surface area contributed by atoms with E-state index in [1.54, 1.807) is 0 Å². The van der Waals surface area contributed by atoms with Crippen LogP contribution in [0.15, 0.2) is 40.9 Å². The van der Waals surface area contributed by atoms with E-state index < -0.39 is 0 Å². The van der Waals surface area contributed by atoms with Crippen molar-refractivity contribution in [2.45, 2.75) is 12.0 Å². The Bertz CT molecular complexity index is 477. The third-order valence-corrected chi connectivity index (χ3v) is 3.76. The monoisotopic (exact) mass is 221 g/mol. The second-order valence-corrected chi connectivity index (χ2v) is 5.40. The molecule has 1 aromatic carbocycles. The van der Waals surface area contributed by atoms with Crippen LogP contribution in [0.3, 0.4) is 0 Å². The van der Waals surface area contributed by atoms with Gasteiger partial charge in [-0.05, 0) is 11.6 Å². The predicted molar refractivity (Wildman–Crippen MR) is 65.0 cm³/mol. The zero-order chi connectivity index (χ0) is 10.4. The minimum Gasteiger partial charge on any atom is -0.378 e. The predicted octanol–water partition coefficient (Wildman–Crippen LogP) is 0.980. The van der Waals surface area contributed by atoms with Crippen molar-refractivity contribution in [1.29, 1.82) is 0 Å². The highest BCUT2D eigenvalue weighted by molar-refractivity contribution is 6.32. The average molecular weight is 221 g/mol. The van der Waals surface area contributed by atoms with Crippen LogP contribution in [0.1, 0.15) is 11.5 Å². The van der Waals surface area contributed by atoms with Gasteiger partial charge in [-0.2, -0.15) is 0 Å². The summed E-state index contributed by atoms with van der Waals surface area (Å²) in [6.45, 7) is 0. The summed E-state index contributed by atoms with van der Waals surface area (Å²) in [5.41, 5.74) is 2.69. The van der Waals surface area contributed by atoms with E-state index in [0.29, 0.717) is 12.0 Å². The molecule has 1 heterocycles. The maximum absolute atomic E-state index is 3.53. The highest BCUT2D eigenvalue weighted by Crippen LogP contribution is 2.38. The Balaban J connectivity index is 2.11. The van der Waals surface area contributed by atoms with Gasteiger partial charge < -0.3 is 5.32 Å². The summed E-state index contributed by atoms with van der Waals surface area (Å²) in [6.07, 6.45) is 6.72. The van der Waals surface area contributed by atoms with Gasteiger partial charge in [-0.25, -0.2) is 0 Å². The van der Waals surface area contributed by atoms with E-state index in [1.165, 1.54) is 20.1 Å². The largest absolute Gasteiger partial charge is 0.378 e. The van der Waals surface area contributed by atoms with Gasteiger partial charge in [-0.15, -0.1) is 8.86 Å². The highest BCUT2D eigenvalue weighted by Gasteiger charge is 2.29. The standard InChI is InChI=1S/C12H9N.2Al/c1-3-7-11-9(5-1)10-6-2-4-8-12(10)13-11;;/h3-9,11,13H;;. The number of benzene rings is 1. The molecule has 0 saturated heterocycles. The molecule has 4 radical (unpaired) electrons. The Hall–Kier alpha value is -0.435. The van der Waals surface area contributed by atoms with Crippen molar-refractivity contribution >= 4 is 42.7 Å². The molecule has 68 valence electrons. The van der Waals surface area contributed by atoms with Crippen molar-refractivity contribution in [2.75, 3.05) is 5.32 Å². The molecule has 2 unspecified atom stereocenters. The summed E-state index contributed by atoms with van der Waals surface area (Å²) >= 11 is 5.53. The summed E-state index contributed by atoms with van der Waals surface area (Å²) < 4.78 is 2.53. The first-order chi connectivity index (χ1) is 7.24. The van der Waals surface area contributed by atoms with Crippen LogP contribution < -0.4 is 9.74 Å². The fraction of sp³-hybridized carbons (Fsp3) is 0.167. The van der Waals surface area contributed by atoms with Crippen LogP contribution in [-0.2, 0) is 0 Å². The second-order valence-electron chi connectivity index (χ2n) is 4.07. The van der Waals surface area contributed by atoms with E-state index in [1.807, 2.05) is 0 Å². The fourth-order valence-electron chi connectivity index (χ4n) is 2.29. The maximum atomic E-state index is 3.53. The lowest BCUT2D eigenvalue weighted by Crippen LogP contribution is -2.19. The maximum Gasteiger partial charge on any atom is 0.175 e. The van der Waals surface area contributed by atoms with E-state index in [9.17, 15) is 0 Å². The van der Waals surface area contributed by atoms with E-state index in [-0.39, 0.29) is 0 Å². The number of hydrogen-bond acceptors (Lipinski definition) is 1. The van der Waals surface area contributed by atoms with E-state index in [4.69, 9.17) is 0 Å². The lowest BCUT2D eigenvalue weighted by Gasteiger charge is -2.18. The minimum absolute atomic E-state index is 0.441. The molecule has 3 rings (SSSR count). The normalized spacial score (nSPS) is 26.5. The first-order valence-corrected chi connectivity index (χ1v) is 6.21. The molecule has 0 saturated carbocycles. The van der Waals surface area contributed by atoms with E-state index in [2.05, 4.69) is 74.3 Å². The Labute approximate surface area is 106 Å². The molecule has 1 N–H and O–H groups in total. The molecule has 1 aliphatic heterocycles. The van der Waals surface area contributed by atoms with Gasteiger partial charge in [-0.1, -0.05) is 30.4 Å². The van der Waals surface area contributed by atoms with Crippen LogP contribution in [0.5, 0.6) is 0 Å².